The zero-order chi connectivity index (χ0) is 21.2. The number of benzene rings is 1. The summed E-state index contributed by atoms with van der Waals surface area (Å²) in [6, 6.07) is 9.64. The third-order valence-electron chi connectivity index (χ3n) is 5.30. The molecule has 156 valence electrons. The predicted octanol–water partition coefficient (Wildman–Crippen LogP) is 3.06. The summed E-state index contributed by atoms with van der Waals surface area (Å²) in [4.78, 5) is 18.0. The first-order valence-electron chi connectivity index (χ1n) is 9.03. The SMILES string of the molecule is COCc1cn2cc(S(=O)N[C@](C)(C(=O)OC)C(C)(C)c3ccccc3)sc2n1. The molecule has 3 aromatic rings. The quantitative estimate of drug-likeness (QED) is 0.550. The van der Waals surface area contributed by atoms with E-state index in [-0.39, 0.29) is 0 Å². The van der Waals surface area contributed by atoms with Crippen LogP contribution in [0, 0.1) is 0 Å². The van der Waals surface area contributed by atoms with E-state index in [4.69, 9.17) is 9.47 Å². The van der Waals surface area contributed by atoms with Gasteiger partial charge in [0.2, 0.25) is 0 Å². The van der Waals surface area contributed by atoms with Crippen molar-refractivity contribution in [3.63, 3.8) is 0 Å². The number of hydrogen-bond donors (Lipinski definition) is 1. The summed E-state index contributed by atoms with van der Waals surface area (Å²) in [5.41, 5.74) is -0.197. The van der Waals surface area contributed by atoms with E-state index in [1.54, 1.807) is 20.2 Å². The molecular formula is C20H25N3O4S2. The van der Waals surface area contributed by atoms with Crippen LogP contribution >= 0.6 is 11.3 Å². The van der Waals surface area contributed by atoms with Gasteiger partial charge in [0.25, 0.3) is 0 Å². The monoisotopic (exact) mass is 435 g/mol. The molecule has 0 saturated carbocycles. The fraction of sp³-hybridized carbons (Fsp3) is 0.400. The molecule has 7 nitrogen and oxygen atoms in total. The van der Waals surface area contributed by atoms with Gasteiger partial charge in [0.1, 0.15) is 20.7 Å². The van der Waals surface area contributed by atoms with Gasteiger partial charge in [0, 0.05) is 24.9 Å². The first kappa shape index (κ1) is 21.6. The molecule has 0 spiro atoms. The van der Waals surface area contributed by atoms with Crippen molar-refractivity contribution in [2.75, 3.05) is 14.2 Å². The Morgan fingerprint density at radius 2 is 1.90 bits per heavy atom. The van der Waals surface area contributed by atoms with Gasteiger partial charge >= 0.3 is 5.97 Å². The van der Waals surface area contributed by atoms with Crippen LogP contribution in [0.1, 0.15) is 32.0 Å². The van der Waals surface area contributed by atoms with Gasteiger partial charge in [0.15, 0.2) is 4.96 Å². The topological polar surface area (TPSA) is 81.9 Å². The van der Waals surface area contributed by atoms with Crippen LogP contribution in [-0.2, 0) is 37.3 Å². The van der Waals surface area contributed by atoms with Crippen LogP contribution in [0.15, 0.2) is 46.9 Å². The van der Waals surface area contributed by atoms with Crippen LogP contribution in [0.5, 0.6) is 0 Å². The molecule has 29 heavy (non-hydrogen) atoms. The molecule has 0 saturated heterocycles. The number of hydrogen-bond acceptors (Lipinski definition) is 6. The molecular weight excluding hydrogens is 410 g/mol. The third-order valence-corrected chi connectivity index (χ3v) is 7.86. The Morgan fingerprint density at radius 1 is 1.21 bits per heavy atom. The van der Waals surface area contributed by atoms with Gasteiger partial charge in [-0.05, 0) is 12.5 Å². The Hall–Kier alpha value is -2.07. The fourth-order valence-corrected chi connectivity index (χ4v) is 5.52. The minimum atomic E-state index is -1.64. The van der Waals surface area contributed by atoms with Crippen molar-refractivity contribution < 1.29 is 18.5 Å². The van der Waals surface area contributed by atoms with Crippen LogP contribution in [0.4, 0.5) is 0 Å². The van der Waals surface area contributed by atoms with Gasteiger partial charge in [-0.2, -0.15) is 0 Å². The minimum absolute atomic E-state index is 0.413. The summed E-state index contributed by atoms with van der Waals surface area (Å²) in [7, 11) is 1.31. The molecule has 0 aliphatic heterocycles. The average Bonchev–Trinajstić information content (AvgIpc) is 3.26. The summed E-state index contributed by atoms with van der Waals surface area (Å²) in [5, 5.41) is 0. The first-order valence-corrected chi connectivity index (χ1v) is 11.0. The zero-order valence-corrected chi connectivity index (χ0v) is 18.7. The summed E-state index contributed by atoms with van der Waals surface area (Å²) < 4.78 is 28.8. The highest BCUT2D eigenvalue weighted by Gasteiger charge is 2.50. The number of nitrogens with one attached hydrogen (secondary N) is 1. The maximum absolute atomic E-state index is 13.2. The molecule has 1 aromatic carbocycles. The second kappa shape index (κ2) is 8.35. The fourth-order valence-electron chi connectivity index (χ4n) is 3.13. The normalized spacial score (nSPS) is 15.2. The summed E-state index contributed by atoms with van der Waals surface area (Å²) in [5.74, 6) is -0.483. The van der Waals surface area contributed by atoms with Gasteiger partial charge in [-0.25, -0.2) is 13.9 Å². The molecule has 9 heteroatoms. The smallest absolute Gasteiger partial charge is 0.327 e. The number of methoxy groups -OCH3 is 2. The van der Waals surface area contributed by atoms with E-state index in [9.17, 15) is 9.00 Å². The number of rotatable bonds is 8. The number of ether oxygens (including phenoxy) is 2. The predicted molar refractivity (Wildman–Crippen MR) is 113 cm³/mol. The molecule has 1 N–H and O–H groups in total. The maximum atomic E-state index is 13.2. The van der Waals surface area contributed by atoms with Crippen LogP contribution in [0.2, 0.25) is 0 Å². The second-order valence-electron chi connectivity index (χ2n) is 7.38. The number of carbonyl (C=O) groups is 1. The Balaban J connectivity index is 1.93. The Kier molecular flexibility index (Phi) is 6.23. The van der Waals surface area contributed by atoms with E-state index >= 15 is 0 Å². The molecule has 0 aliphatic rings. The van der Waals surface area contributed by atoms with Crippen molar-refractivity contribution >= 4 is 33.3 Å². The highest BCUT2D eigenvalue weighted by Crippen LogP contribution is 2.37. The maximum Gasteiger partial charge on any atom is 0.327 e. The van der Waals surface area contributed by atoms with Crippen LogP contribution < -0.4 is 4.72 Å². The lowest BCUT2D eigenvalue weighted by Crippen LogP contribution is -2.62. The first-order chi connectivity index (χ1) is 13.7. The van der Waals surface area contributed by atoms with Crippen molar-refractivity contribution in [2.45, 2.75) is 42.5 Å². The van der Waals surface area contributed by atoms with E-state index < -0.39 is 27.9 Å². The van der Waals surface area contributed by atoms with Gasteiger partial charge < -0.3 is 9.47 Å². The number of imidazole rings is 1. The van der Waals surface area contributed by atoms with Crippen molar-refractivity contribution in [3.8, 4) is 0 Å². The van der Waals surface area contributed by atoms with E-state index in [0.29, 0.717) is 15.8 Å². The Morgan fingerprint density at radius 3 is 2.48 bits per heavy atom. The Bertz CT molecular complexity index is 997. The van der Waals surface area contributed by atoms with Crippen molar-refractivity contribution in [1.29, 1.82) is 0 Å². The van der Waals surface area contributed by atoms with Crippen molar-refractivity contribution in [2.24, 2.45) is 0 Å². The molecule has 0 radical (unpaired) electrons. The number of fused-ring (bicyclic) bond motifs is 1. The Labute approximate surface area is 176 Å². The molecule has 2 heterocycles. The minimum Gasteiger partial charge on any atom is -0.468 e. The summed E-state index contributed by atoms with van der Waals surface area (Å²) in [6.45, 7) is 6.00. The van der Waals surface area contributed by atoms with Crippen LogP contribution in [0.3, 0.4) is 0 Å². The van der Waals surface area contributed by atoms with Crippen molar-refractivity contribution in [1.82, 2.24) is 14.1 Å². The molecule has 3 rings (SSSR count). The summed E-state index contributed by atoms with van der Waals surface area (Å²) >= 11 is 1.30. The van der Waals surface area contributed by atoms with Gasteiger partial charge in [0.05, 0.1) is 19.4 Å². The van der Waals surface area contributed by atoms with E-state index in [0.717, 1.165) is 11.3 Å². The molecule has 2 aromatic heterocycles. The largest absolute Gasteiger partial charge is 0.468 e. The number of esters is 1. The van der Waals surface area contributed by atoms with Gasteiger partial charge in [-0.3, -0.25) is 9.20 Å². The molecule has 1 unspecified atom stereocenters. The highest BCUT2D eigenvalue weighted by atomic mass is 32.2. The molecule has 0 aliphatic carbocycles. The average molecular weight is 436 g/mol. The molecule has 0 fully saturated rings. The van der Waals surface area contributed by atoms with Crippen LogP contribution in [0.25, 0.3) is 4.96 Å². The van der Waals surface area contributed by atoms with Gasteiger partial charge in [-0.15, -0.1) is 0 Å². The lowest BCUT2D eigenvalue weighted by Gasteiger charge is -2.42. The number of thiazole rings is 1. The van der Waals surface area contributed by atoms with Crippen LogP contribution in [-0.4, -0.2) is 39.3 Å². The van der Waals surface area contributed by atoms with E-state index in [2.05, 4.69) is 9.71 Å². The third kappa shape index (κ3) is 4.00. The number of carbonyl (C=O) groups excluding carboxylic acids is 1. The highest BCUT2D eigenvalue weighted by molar-refractivity contribution is 7.85. The zero-order valence-electron chi connectivity index (χ0n) is 17.1. The number of aromatic nitrogens is 2. The molecule has 0 amide bonds. The van der Waals surface area contributed by atoms with Crippen molar-refractivity contribution in [3.05, 3.63) is 54.0 Å². The lowest BCUT2D eigenvalue weighted by molar-refractivity contribution is -0.149. The van der Waals surface area contributed by atoms with E-state index in [1.807, 2.05) is 54.8 Å². The van der Waals surface area contributed by atoms with Gasteiger partial charge in [-0.1, -0.05) is 55.5 Å². The molecule has 0 bridgehead atoms. The molecule has 2 atom stereocenters. The number of nitrogens with zero attached hydrogens (tertiary/aromatic N) is 2. The lowest BCUT2D eigenvalue weighted by atomic mass is 9.69. The summed E-state index contributed by atoms with van der Waals surface area (Å²) in [6.07, 6.45) is 3.59. The standard InChI is InChI=1S/C20H25N3O4S2/c1-19(2,14-9-7-6-8-10-14)20(3,17(24)27-5)22-29(25)16-12-23-11-15(13-26-4)21-18(23)28-16/h6-12,22H,13H2,1-5H3/t20-,29?/m1/s1. The second-order valence-corrected chi connectivity index (χ2v) is 9.83. The van der Waals surface area contributed by atoms with E-state index in [1.165, 1.54) is 18.4 Å².